The Hall–Kier alpha value is -0.310. The molecule has 0 bridgehead atoms. The molecule has 0 N–H and O–H groups in total. The monoisotopic (exact) mass is 160 g/mol. The summed E-state index contributed by atoms with van der Waals surface area (Å²) >= 11 is 0. The van der Waals surface area contributed by atoms with Crippen molar-refractivity contribution in [1.29, 1.82) is 0 Å². The maximum atomic E-state index is 11.1. The van der Waals surface area contributed by atoms with Crippen LogP contribution in [-0.4, -0.2) is 14.2 Å². The van der Waals surface area contributed by atoms with Crippen LogP contribution in [0.1, 0.15) is 26.2 Å². The summed E-state index contributed by atoms with van der Waals surface area (Å²) in [5.74, 6) is 0.336. The van der Waals surface area contributed by atoms with Crippen molar-refractivity contribution in [3.8, 4) is 0 Å². The van der Waals surface area contributed by atoms with Gasteiger partial charge in [0.05, 0.1) is 5.75 Å². The minimum Gasteiger partial charge on any atom is -0.224 e. The maximum absolute atomic E-state index is 11.1. The molecule has 1 rings (SSSR count). The Morgan fingerprint density at radius 1 is 1.60 bits per heavy atom. The van der Waals surface area contributed by atoms with Gasteiger partial charge in [0, 0.05) is 4.91 Å². The molecule has 10 heavy (non-hydrogen) atoms. The molecule has 2 nitrogen and oxygen atoms in total. The predicted octanol–water partition coefficient (Wildman–Crippen LogP) is 1.49. The first-order valence-corrected chi connectivity index (χ1v) is 5.24. The first kappa shape index (κ1) is 7.79. The van der Waals surface area contributed by atoms with Crippen LogP contribution in [0, 0.1) is 0 Å². The van der Waals surface area contributed by atoms with Crippen molar-refractivity contribution < 1.29 is 8.42 Å². The van der Waals surface area contributed by atoms with Crippen molar-refractivity contribution in [3.05, 3.63) is 11.0 Å². The molecule has 0 aromatic heterocycles. The second-order valence-corrected chi connectivity index (χ2v) is 4.69. The third-order valence-corrected chi connectivity index (χ3v) is 3.60. The molecule has 0 saturated heterocycles. The molecule has 0 unspecified atom stereocenters. The van der Waals surface area contributed by atoms with E-state index in [-0.39, 0.29) is 0 Å². The van der Waals surface area contributed by atoms with Crippen LogP contribution in [0.4, 0.5) is 0 Å². The van der Waals surface area contributed by atoms with Crippen LogP contribution in [0.25, 0.3) is 0 Å². The lowest BCUT2D eigenvalue weighted by molar-refractivity contribution is 0.602. The Bertz CT molecular complexity index is 236. The van der Waals surface area contributed by atoms with E-state index in [0.29, 0.717) is 10.7 Å². The van der Waals surface area contributed by atoms with Gasteiger partial charge in [0.2, 0.25) is 0 Å². The molecule has 58 valence electrons. The fraction of sp³-hybridized carbons (Fsp3) is 0.714. The standard InChI is InChI=1S/C7H12O2S/c1-2-4-7-5-3-6-10(7,8)9/h5H,2-4,6H2,1H3. The van der Waals surface area contributed by atoms with Crippen molar-refractivity contribution in [3.63, 3.8) is 0 Å². The highest BCUT2D eigenvalue weighted by Crippen LogP contribution is 2.21. The zero-order valence-electron chi connectivity index (χ0n) is 6.13. The molecule has 0 fully saturated rings. The first-order chi connectivity index (χ1) is 4.67. The van der Waals surface area contributed by atoms with Gasteiger partial charge in [0.25, 0.3) is 0 Å². The number of rotatable bonds is 2. The van der Waals surface area contributed by atoms with Gasteiger partial charge in [0.1, 0.15) is 0 Å². The highest BCUT2D eigenvalue weighted by Gasteiger charge is 2.20. The van der Waals surface area contributed by atoms with Gasteiger partial charge in [-0.25, -0.2) is 8.42 Å². The third kappa shape index (κ3) is 1.40. The van der Waals surface area contributed by atoms with E-state index in [0.717, 1.165) is 19.3 Å². The molecular weight excluding hydrogens is 148 g/mol. The molecule has 1 heterocycles. The van der Waals surface area contributed by atoms with Crippen LogP contribution < -0.4 is 0 Å². The number of allylic oxidation sites excluding steroid dienone is 2. The summed E-state index contributed by atoms with van der Waals surface area (Å²) in [6.07, 6.45) is 4.21. The molecule has 1 aliphatic rings. The van der Waals surface area contributed by atoms with E-state index in [2.05, 4.69) is 0 Å². The van der Waals surface area contributed by atoms with Crippen LogP contribution >= 0.6 is 0 Å². The summed E-state index contributed by atoms with van der Waals surface area (Å²) in [5, 5.41) is 0. The Morgan fingerprint density at radius 3 is 2.70 bits per heavy atom. The van der Waals surface area contributed by atoms with Gasteiger partial charge in [0.15, 0.2) is 9.84 Å². The van der Waals surface area contributed by atoms with Crippen molar-refractivity contribution in [2.75, 3.05) is 5.75 Å². The molecule has 0 atom stereocenters. The summed E-state index contributed by atoms with van der Waals surface area (Å²) in [6.45, 7) is 1.99. The van der Waals surface area contributed by atoms with E-state index >= 15 is 0 Å². The Kier molecular flexibility index (Phi) is 2.14. The van der Waals surface area contributed by atoms with Gasteiger partial charge in [-0.05, 0) is 12.8 Å². The zero-order chi connectivity index (χ0) is 7.61. The zero-order valence-corrected chi connectivity index (χ0v) is 6.95. The molecule has 0 aromatic carbocycles. The van der Waals surface area contributed by atoms with E-state index < -0.39 is 9.84 Å². The Balaban J connectivity index is 2.76. The number of sulfone groups is 1. The number of hydrogen-bond acceptors (Lipinski definition) is 2. The van der Waals surface area contributed by atoms with E-state index in [4.69, 9.17) is 0 Å². The van der Waals surface area contributed by atoms with Gasteiger partial charge in [-0.3, -0.25) is 0 Å². The van der Waals surface area contributed by atoms with E-state index in [1.807, 2.05) is 13.0 Å². The quantitative estimate of drug-likeness (QED) is 0.613. The lowest BCUT2D eigenvalue weighted by Gasteiger charge is -1.97. The minimum absolute atomic E-state index is 0.336. The molecule has 0 radical (unpaired) electrons. The van der Waals surface area contributed by atoms with Crippen LogP contribution in [-0.2, 0) is 9.84 Å². The highest BCUT2D eigenvalue weighted by molar-refractivity contribution is 7.95. The SMILES string of the molecule is CCCC1=CCCS1(=O)=O. The maximum Gasteiger partial charge on any atom is 0.174 e. The summed E-state index contributed by atoms with van der Waals surface area (Å²) in [6, 6.07) is 0. The first-order valence-electron chi connectivity index (χ1n) is 3.58. The van der Waals surface area contributed by atoms with Crippen LogP contribution in [0.5, 0.6) is 0 Å². The van der Waals surface area contributed by atoms with Crippen molar-refractivity contribution in [1.82, 2.24) is 0 Å². The molecule has 3 heteroatoms. The normalized spacial score (nSPS) is 22.7. The van der Waals surface area contributed by atoms with Crippen LogP contribution in [0.15, 0.2) is 11.0 Å². The number of hydrogen-bond donors (Lipinski definition) is 0. The fourth-order valence-corrected chi connectivity index (χ4v) is 2.71. The topological polar surface area (TPSA) is 34.1 Å². The highest BCUT2D eigenvalue weighted by atomic mass is 32.2. The van der Waals surface area contributed by atoms with E-state index in [1.165, 1.54) is 0 Å². The third-order valence-electron chi connectivity index (χ3n) is 1.65. The minimum atomic E-state index is -2.79. The largest absolute Gasteiger partial charge is 0.224 e. The molecular formula is C7H12O2S. The lowest BCUT2D eigenvalue weighted by atomic mass is 10.3. The van der Waals surface area contributed by atoms with Gasteiger partial charge < -0.3 is 0 Å². The summed E-state index contributed by atoms with van der Waals surface area (Å²) in [4.78, 5) is 0.662. The van der Waals surface area contributed by atoms with Crippen molar-refractivity contribution in [2.24, 2.45) is 0 Å². The smallest absolute Gasteiger partial charge is 0.174 e. The molecule has 1 aliphatic heterocycles. The molecule has 0 amide bonds. The average molecular weight is 160 g/mol. The summed E-state index contributed by atoms with van der Waals surface area (Å²) < 4.78 is 22.2. The van der Waals surface area contributed by atoms with E-state index in [9.17, 15) is 8.42 Å². The Labute approximate surface area is 61.9 Å². The molecule has 0 saturated carbocycles. The second kappa shape index (κ2) is 2.74. The van der Waals surface area contributed by atoms with Gasteiger partial charge in [-0.2, -0.15) is 0 Å². The summed E-state index contributed by atoms with van der Waals surface area (Å²) in [5.41, 5.74) is 0. The van der Waals surface area contributed by atoms with E-state index in [1.54, 1.807) is 0 Å². The van der Waals surface area contributed by atoms with Gasteiger partial charge in [-0.1, -0.05) is 19.4 Å². The second-order valence-electron chi connectivity index (χ2n) is 2.53. The molecule has 0 aliphatic carbocycles. The Morgan fingerprint density at radius 2 is 2.30 bits per heavy atom. The van der Waals surface area contributed by atoms with Crippen molar-refractivity contribution in [2.45, 2.75) is 26.2 Å². The van der Waals surface area contributed by atoms with Crippen molar-refractivity contribution >= 4 is 9.84 Å². The summed E-state index contributed by atoms with van der Waals surface area (Å²) in [7, 11) is -2.79. The molecule has 0 aromatic rings. The van der Waals surface area contributed by atoms with Crippen LogP contribution in [0.2, 0.25) is 0 Å². The van der Waals surface area contributed by atoms with Gasteiger partial charge >= 0.3 is 0 Å². The predicted molar refractivity (Wildman–Crippen MR) is 41.4 cm³/mol. The van der Waals surface area contributed by atoms with Gasteiger partial charge in [-0.15, -0.1) is 0 Å². The average Bonchev–Trinajstić information content (AvgIpc) is 2.13. The van der Waals surface area contributed by atoms with Crippen LogP contribution in [0.3, 0.4) is 0 Å². The fourth-order valence-electron chi connectivity index (χ4n) is 1.14. The lowest BCUT2D eigenvalue weighted by Crippen LogP contribution is -2.01. The molecule has 0 spiro atoms.